The van der Waals surface area contributed by atoms with Crippen molar-refractivity contribution in [1.82, 2.24) is 28.5 Å². The highest BCUT2D eigenvalue weighted by Gasteiger charge is 2.27. The van der Waals surface area contributed by atoms with Crippen molar-refractivity contribution in [3.63, 3.8) is 0 Å². The Labute approximate surface area is 299 Å². The Bertz CT molecular complexity index is 1820. The van der Waals surface area contributed by atoms with E-state index in [1.54, 1.807) is 17.0 Å². The van der Waals surface area contributed by atoms with Gasteiger partial charge >= 0.3 is 0 Å². The van der Waals surface area contributed by atoms with E-state index in [9.17, 15) is 16.8 Å². The maximum Gasteiger partial charge on any atom is 0.276 e. The van der Waals surface area contributed by atoms with Crippen molar-refractivity contribution < 1.29 is 16.8 Å². The number of hydrogen-bond donors (Lipinski definition) is 1. The van der Waals surface area contributed by atoms with Crippen LogP contribution in [0.1, 0.15) is 98.9 Å². The van der Waals surface area contributed by atoms with E-state index in [1.807, 2.05) is 0 Å². The molecule has 272 valence electrons. The molecular weight excluding hydrogens is 682 g/mol. The van der Waals surface area contributed by atoms with Crippen LogP contribution in [0.15, 0.2) is 36.9 Å². The van der Waals surface area contributed by atoms with Crippen LogP contribution in [0.4, 0.5) is 0 Å². The quantitative estimate of drug-likeness (QED) is 0.250. The van der Waals surface area contributed by atoms with Crippen LogP contribution in [0.5, 0.6) is 0 Å². The number of hydrogen-bond acceptors (Lipinski definition) is 8. The molecule has 2 unspecified atom stereocenters. The van der Waals surface area contributed by atoms with Gasteiger partial charge in [-0.25, -0.2) is 37.8 Å². The van der Waals surface area contributed by atoms with E-state index in [2.05, 4.69) is 71.9 Å². The standard InChI is InChI=1S/C17H23N3O2S.C16H22N4O2S.2CH4.ClH/c1-12-9-15-16(10-13(12)2)18-11-19-17(15)14-5-4-7-20(8-6-14)23(3,21)22;1-11-8-14-15(9-12(11)2)18-10-19-16(14)13-4-3-6-20(7-5-13)23(17,21)22;;;/h9-11,14H,4-8H2,1-3H3;8-10,13H,3-7H2,1-2H3,(H2,17,21,22);2*1H4;1H. The van der Waals surface area contributed by atoms with Gasteiger partial charge in [0.15, 0.2) is 0 Å². The fourth-order valence-corrected chi connectivity index (χ4v) is 8.24. The molecule has 2 aromatic heterocycles. The number of sulfonamides is 1. The van der Waals surface area contributed by atoms with E-state index in [4.69, 9.17) is 5.14 Å². The van der Waals surface area contributed by atoms with Crippen LogP contribution in [0.2, 0.25) is 0 Å². The Balaban J connectivity index is 0.000000321. The lowest BCUT2D eigenvalue weighted by Crippen LogP contribution is -2.37. The van der Waals surface area contributed by atoms with Gasteiger partial charge in [0.2, 0.25) is 10.0 Å². The molecule has 14 heteroatoms. The number of nitrogens with two attached hydrogens (primary N) is 1. The number of aromatic nitrogens is 4. The normalized spacial score (nSPS) is 19.3. The number of aryl methyl sites for hydroxylation is 4. The highest BCUT2D eigenvalue weighted by atomic mass is 35.5. The SMILES string of the molecule is C.C.Cc1cc2ncnc(C3CCCN(S(C)(=O)=O)CC3)c2cc1C.Cc1cc2ncnc(C3CCCN(S(N)(=O)=O)CC3)c2cc1C.Cl. The molecule has 0 amide bonds. The third-order valence-corrected chi connectivity index (χ3v) is 11.9. The van der Waals surface area contributed by atoms with Gasteiger partial charge in [-0.3, -0.25) is 0 Å². The van der Waals surface area contributed by atoms with Crippen LogP contribution in [-0.2, 0) is 20.2 Å². The average Bonchev–Trinajstić information content (AvgIpc) is 3.40. The molecule has 0 bridgehead atoms. The topological polar surface area (TPSA) is 152 Å². The summed E-state index contributed by atoms with van der Waals surface area (Å²) < 4.78 is 49.6. The fourth-order valence-electron chi connectivity index (χ4n) is 6.60. The zero-order valence-electron chi connectivity index (χ0n) is 27.8. The number of fused-ring (bicyclic) bond motifs is 2. The van der Waals surface area contributed by atoms with Crippen LogP contribution in [0, 0.1) is 27.7 Å². The summed E-state index contributed by atoms with van der Waals surface area (Å²) in [6.45, 7) is 10.5. The molecule has 0 saturated carbocycles. The van der Waals surface area contributed by atoms with E-state index in [0.717, 1.165) is 71.7 Å². The van der Waals surface area contributed by atoms with Crippen LogP contribution >= 0.6 is 12.4 Å². The van der Waals surface area contributed by atoms with Gasteiger partial charge in [0.25, 0.3) is 10.2 Å². The highest BCUT2D eigenvalue weighted by Crippen LogP contribution is 2.34. The maximum atomic E-state index is 11.8. The number of nitrogens with zero attached hydrogens (tertiary/aromatic N) is 6. The van der Waals surface area contributed by atoms with E-state index < -0.39 is 20.2 Å². The summed E-state index contributed by atoms with van der Waals surface area (Å²) in [5.41, 5.74) is 8.90. The van der Waals surface area contributed by atoms with Crippen LogP contribution in [0.3, 0.4) is 0 Å². The van der Waals surface area contributed by atoms with Crippen molar-refractivity contribution in [3.05, 3.63) is 70.6 Å². The van der Waals surface area contributed by atoms with Crippen LogP contribution < -0.4 is 5.14 Å². The van der Waals surface area contributed by atoms with Gasteiger partial charge in [-0.15, -0.1) is 12.4 Å². The Kier molecular flexibility index (Phi) is 15.1. The second-order valence-electron chi connectivity index (χ2n) is 12.8. The van der Waals surface area contributed by atoms with Gasteiger partial charge in [-0.05, 0) is 113 Å². The second-order valence-corrected chi connectivity index (χ2v) is 16.3. The summed E-state index contributed by atoms with van der Waals surface area (Å²) in [5, 5.41) is 7.44. The average molecular weight is 736 g/mol. The Hall–Kier alpha value is -2.81. The minimum absolute atomic E-state index is 0. The molecule has 2 saturated heterocycles. The summed E-state index contributed by atoms with van der Waals surface area (Å²) in [6.07, 6.45) is 9.60. The van der Waals surface area contributed by atoms with Crippen molar-refractivity contribution in [3.8, 4) is 0 Å². The molecule has 2 fully saturated rings. The number of benzene rings is 2. The number of rotatable bonds is 4. The maximum absolute atomic E-state index is 11.8. The van der Waals surface area contributed by atoms with Gasteiger partial charge in [0.05, 0.1) is 28.7 Å². The smallest absolute Gasteiger partial charge is 0.240 e. The molecule has 4 aromatic rings. The molecule has 2 atom stereocenters. The molecule has 49 heavy (non-hydrogen) atoms. The predicted octanol–water partition coefficient (Wildman–Crippen LogP) is 6.49. The zero-order chi connectivity index (χ0) is 33.2. The molecule has 0 spiro atoms. The first-order valence-corrected chi connectivity index (χ1v) is 19.2. The van der Waals surface area contributed by atoms with E-state index in [0.29, 0.717) is 26.2 Å². The van der Waals surface area contributed by atoms with Gasteiger partial charge in [-0.1, -0.05) is 14.9 Å². The lowest BCUT2D eigenvalue weighted by atomic mass is 9.92. The molecule has 6 rings (SSSR count). The first-order chi connectivity index (χ1) is 21.7. The Morgan fingerprint density at radius 1 is 0.612 bits per heavy atom. The first kappa shape index (κ1) is 42.4. The van der Waals surface area contributed by atoms with Crippen molar-refractivity contribution in [2.45, 2.75) is 92.9 Å². The number of halogens is 1. The van der Waals surface area contributed by atoms with Crippen molar-refractivity contribution >= 4 is 54.4 Å². The van der Waals surface area contributed by atoms with Crippen molar-refractivity contribution in [2.75, 3.05) is 32.4 Å². The minimum Gasteiger partial charge on any atom is -0.240 e. The summed E-state index contributed by atoms with van der Waals surface area (Å²) >= 11 is 0. The summed E-state index contributed by atoms with van der Waals surface area (Å²) in [7, 11) is -6.72. The molecule has 0 aliphatic carbocycles. The van der Waals surface area contributed by atoms with Gasteiger partial charge < -0.3 is 0 Å². The zero-order valence-corrected chi connectivity index (χ0v) is 30.3. The van der Waals surface area contributed by atoms with Crippen molar-refractivity contribution in [1.29, 1.82) is 0 Å². The van der Waals surface area contributed by atoms with Gasteiger partial charge in [0, 0.05) is 48.8 Å². The lowest BCUT2D eigenvalue weighted by molar-refractivity contribution is 0.422. The van der Waals surface area contributed by atoms with Crippen LogP contribution in [-0.4, -0.2) is 77.8 Å². The van der Waals surface area contributed by atoms with Crippen LogP contribution in [0.25, 0.3) is 21.8 Å². The minimum atomic E-state index is -3.61. The molecule has 2 aliphatic heterocycles. The summed E-state index contributed by atoms with van der Waals surface area (Å²) in [6, 6.07) is 8.50. The molecule has 0 radical (unpaired) electrons. The Morgan fingerprint density at radius 3 is 1.41 bits per heavy atom. The van der Waals surface area contributed by atoms with E-state index in [-0.39, 0.29) is 39.1 Å². The molecule has 2 N–H and O–H groups in total. The van der Waals surface area contributed by atoms with Gasteiger partial charge in [0.1, 0.15) is 12.7 Å². The van der Waals surface area contributed by atoms with E-state index in [1.165, 1.54) is 32.8 Å². The first-order valence-electron chi connectivity index (χ1n) is 15.9. The monoisotopic (exact) mass is 735 g/mol. The van der Waals surface area contributed by atoms with Gasteiger partial charge in [-0.2, -0.15) is 12.7 Å². The second kappa shape index (κ2) is 17.4. The molecule has 11 nitrogen and oxygen atoms in total. The molecule has 4 heterocycles. The van der Waals surface area contributed by atoms with Crippen molar-refractivity contribution in [2.24, 2.45) is 5.14 Å². The summed E-state index contributed by atoms with van der Waals surface area (Å²) in [5.74, 6) is 0.517. The predicted molar refractivity (Wildman–Crippen MR) is 203 cm³/mol. The summed E-state index contributed by atoms with van der Waals surface area (Å²) in [4.78, 5) is 17.8. The third-order valence-electron chi connectivity index (χ3n) is 9.54. The molecule has 2 aliphatic rings. The highest BCUT2D eigenvalue weighted by molar-refractivity contribution is 7.88. The lowest BCUT2D eigenvalue weighted by Gasteiger charge is -2.18. The molecule has 2 aromatic carbocycles. The van der Waals surface area contributed by atoms with E-state index >= 15 is 0 Å². The largest absolute Gasteiger partial charge is 0.276 e. The Morgan fingerprint density at radius 2 is 1.00 bits per heavy atom. The fraction of sp³-hybridized carbons (Fsp3) is 0.543. The third kappa shape index (κ3) is 10.1. The molecular formula is C35H54ClN7O4S2.